The molecule has 92 heavy (non-hydrogen) atoms. The fourth-order valence-electron chi connectivity index (χ4n) is 11.7. The summed E-state index contributed by atoms with van der Waals surface area (Å²) in [6, 6.07) is -3.93. The molecular weight excluding hydrogens is 1260 g/mol. The highest BCUT2D eigenvalue weighted by Crippen LogP contribution is 2.39. The number of amides is 2. The quantitative estimate of drug-likeness (QED) is 0.0404. The Kier molecular flexibility index (Phi) is 27.9. The summed E-state index contributed by atoms with van der Waals surface area (Å²) in [5, 5.41) is 245. The second kappa shape index (κ2) is 33.4. The summed E-state index contributed by atoms with van der Waals surface area (Å²) in [6.45, 7) is -1.30. The van der Waals surface area contributed by atoms with Crippen LogP contribution in [0.4, 0.5) is 0 Å². The van der Waals surface area contributed by atoms with Crippen LogP contribution in [0.2, 0.25) is 0 Å². The topological polar surface area (TPSA) is 632 Å². The molecule has 24 N–H and O–H groups in total. The largest absolute Gasteiger partial charge is 0.394 e. The maximum absolute atomic E-state index is 13.3. The van der Waals surface area contributed by atoms with Crippen LogP contribution in [0.15, 0.2) is 0 Å². The zero-order chi connectivity index (χ0) is 68.2. The number of nitrogens with one attached hydrogen (secondary N) is 2. The molecule has 2 amide bonds. The first kappa shape index (κ1) is 76.9. The lowest BCUT2D eigenvalue weighted by Crippen LogP contribution is -2.72. The standard InChI is InChI=1S/C52H90N2O38/c1-12-25(65)30(70)34(74)48(79-12)87-40(18(64)7-56)39(17(63)6-55)86-46-23(53-15(4)61)43(90-49-35(75)31(71)26(66)13(2)80-49)42(22(11-60)84-46)89-52-38(78)45(29(69)20(9-58)83-52)92-47-24(54-16(5)62)44(91-50-36(76)32(72)27(67)14(3)81-50)41(21(10-59)85-47)88-51-37(77)33(73)28(68)19(8-57)82-51/h12-14,17-52,55-60,63-78H,6-11H2,1-5H3,(H,53,61)(H,54,62)/t12-,13-,14-,17+,18-,19+,20+,21+,22+,23+,24+,25+,26+,27+,28-,29-,30+,31+,32+,33-,34-,35-,36-,37+,38+,39+,40+,41+,42+,43+,44+,45-,46-,47-,48-,49-,50-,51-,52-/m0/s1. The lowest BCUT2D eigenvalue weighted by molar-refractivity contribution is -0.396. The Morgan fingerprint density at radius 3 is 1.02 bits per heavy atom. The summed E-state index contributed by atoms with van der Waals surface area (Å²) in [5.41, 5.74) is 0. The third-order valence-corrected chi connectivity index (χ3v) is 17.0. The predicted molar refractivity (Wildman–Crippen MR) is 286 cm³/mol. The van der Waals surface area contributed by atoms with Crippen molar-refractivity contribution in [2.45, 2.75) is 274 Å². The number of rotatable bonds is 25. The fraction of sp³-hybridized carbons (Fsp3) is 0.962. The highest BCUT2D eigenvalue weighted by molar-refractivity contribution is 5.73. The van der Waals surface area contributed by atoms with Crippen molar-refractivity contribution < 1.29 is 188 Å². The maximum atomic E-state index is 13.3. The van der Waals surface area contributed by atoms with Gasteiger partial charge in [0.15, 0.2) is 44.0 Å². The van der Waals surface area contributed by atoms with Crippen LogP contribution in [0.25, 0.3) is 0 Å². The Morgan fingerprint density at radius 2 is 0.630 bits per heavy atom. The summed E-state index contributed by atoms with van der Waals surface area (Å²) < 4.78 is 83.7. The van der Waals surface area contributed by atoms with Gasteiger partial charge in [0.2, 0.25) is 11.8 Å². The number of hydrogen-bond donors (Lipinski definition) is 24. The van der Waals surface area contributed by atoms with Gasteiger partial charge in [-0.15, -0.1) is 0 Å². The van der Waals surface area contributed by atoms with E-state index in [1.54, 1.807) is 0 Å². The highest BCUT2D eigenvalue weighted by atomic mass is 16.8. The van der Waals surface area contributed by atoms with Crippen LogP contribution >= 0.6 is 0 Å². The van der Waals surface area contributed by atoms with Crippen LogP contribution in [0.3, 0.4) is 0 Å². The van der Waals surface area contributed by atoms with Crippen molar-refractivity contribution in [1.82, 2.24) is 10.6 Å². The number of aliphatic hydroxyl groups is 22. The van der Waals surface area contributed by atoms with Gasteiger partial charge in [0.25, 0.3) is 0 Å². The van der Waals surface area contributed by atoms with E-state index in [4.69, 9.17) is 66.3 Å². The van der Waals surface area contributed by atoms with Gasteiger partial charge in [0.05, 0.1) is 58.0 Å². The molecule has 0 spiro atoms. The van der Waals surface area contributed by atoms with E-state index in [-0.39, 0.29) is 0 Å². The van der Waals surface area contributed by atoms with E-state index in [1.807, 2.05) is 0 Å². The Labute approximate surface area is 523 Å². The molecule has 39 atom stereocenters. The van der Waals surface area contributed by atoms with Crippen molar-refractivity contribution in [2.24, 2.45) is 0 Å². The molecule has 40 nitrogen and oxygen atoms in total. The van der Waals surface area contributed by atoms with Gasteiger partial charge in [-0.25, -0.2) is 0 Å². The molecule has 7 rings (SSSR count). The van der Waals surface area contributed by atoms with Gasteiger partial charge in [0, 0.05) is 13.8 Å². The molecule has 0 aromatic carbocycles. The number of aliphatic hydroxyl groups excluding tert-OH is 22. The molecule has 0 aromatic rings. The van der Waals surface area contributed by atoms with E-state index in [1.165, 1.54) is 20.8 Å². The number of carbonyl (C=O) groups excluding carboxylic acids is 2. The Hall–Kier alpha value is -2.50. The minimum Gasteiger partial charge on any atom is -0.394 e. The molecule has 0 aromatic heterocycles. The monoisotopic (exact) mass is 1350 g/mol. The molecular formula is C52H90N2O38. The van der Waals surface area contributed by atoms with Crippen LogP contribution in [0.5, 0.6) is 0 Å². The van der Waals surface area contributed by atoms with Gasteiger partial charge < -0.3 is 189 Å². The van der Waals surface area contributed by atoms with Gasteiger partial charge in [0.1, 0.15) is 177 Å². The summed E-state index contributed by atoms with van der Waals surface area (Å²) >= 11 is 0. The maximum Gasteiger partial charge on any atom is 0.217 e. The van der Waals surface area contributed by atoms with Gasteiger partial charge in [-0.3, -0.25) is 9.59 Å². The van der Waals surface area contributed by atoms with Crippen molar-refractivity contribution in [3.8, 4) is 0 Å². The minimum absolute atomic E-state index is 0.935. The van der Waals surface area contributed by atoms with E-state index in [9.17, 15) is 122 Å². The zero-order valence-corrected chi connectivity index (χ0v) is 50.1. The Bertz CT molecular complexity index is 2280. The zero-order valence-electron chi connectivity index (χ0n) is 50.1. The van der Waals surface area contributed by atoms with Crippen molar-refractivity contribution in [1.29, 1.82) is 0 Å². The second-order valence-corrected chi connectivity index (χ2v) is 23.6. The Morgan fingerprint density at radius 1 is 0.337 bits per heavy atom. The van der Waals surface area contributed by atoms with Crippen LogP contribution < -0.4 is 10.6 Å². The van der Waals surface area contributed by atoms with Crippen molar-refractivity contribution in [3.05, 3.63) is 0 Å². The first-order valence-corrected chi connectivity index (χ1v) is 29.6. The van der Waals surface area contributed by atoms with Gasteiger partial charge in [-0.1, -0.05) is 0 Å². The summed E-state index contributed by atoms with van der Waals surface area (Å²) in [4.78, 5) is 26.6. The summed E-state index contributed by atoms with van der Waals surface area (Å²) in [6.07, 6.45) is -73.4. The summed E-state index contributed by atoms with van der Waals surface area (Å²) in [7, 11) is 0. The van der Waals surface area contributed by atoms with Crippen LogP contribution in [0.1, 0.15) is 34.6 Å². The van der Waals surface area contributed by atoms with E-state index in [2.05, 4.69) is 10.6 Å². The molecule has 0 radical (unpaired) electrons. The molecule has 0 bridgehead atoms. The average Bonchev–Trinajstić information content (AvgIpc) is 0.770. The van der Waals surface area contributed by atoms with E-state index in [0.717, 1.165) is 13.8 Å². The molecule has 7 heterocycles. The predicted octanol–water partition coefficient (Wildman–Crippen LogP) is -15.4. The number of carbonyl (C=O) groups is 2. The molecule has 536 valence electrons. The smallest absolute Gasteiger partial charge is 0.217 e. The lowest BCUT2D eigenvalue weighted by atomic mass is 9.93. The SMILES string of the molecule is CC(=O)N[C@H]1[C@H](O[C@H]2[C@@H](O)[C@@H](CO)O[C@@H](O[C@H]3[C@H](O[C@@H]4O[C@@H](C)[C@@H](O)[C@@H](O)[C@@H]4O)[C@@H](NC(C)=O)[C@H](O[C@@H]([C@H](O[C@@H]4O[C@@H](C)[C@@H](O)[C@@H](O)[C@@H]4O)[C@@H](O)CO)[C@H](O)CO)O[C@@H]3CO)[C@@H]2O)O[C@H](CO)[C@@H](O[C@@H]2O[C@H](CO)[C@H](O)[C@H](O)[C@H]2O)[C@@H]1O[C@@H]1O[C@@H](C)[C@@H](O)[C@@H](O)[C@@H]1O. The lowest BCUT2D eigenvalue weighted by Gasteiger charge is -2.52. The van der Waals surface area contributed by atoms with Crippen molar-refractivity contribution in [2.75, 3.05) is 39.6 Å². The van der Waals surface area contributed by atoms with Crippen LogP contribution in [-0.2, 0) is 75.9 Å². The summed E-state index contributed by atoms with van der Waals surface area (Å²) in [5.74, 6) is -1.93. The fourth-order valence-corrected chi connectivity index (χ4v) is 11.7. The van der Waals surface area contributed by atoms with Gasteiger partial charge >= 0.3 is 0 Å². The third kappa shape index (κ3) is 16.8. The van der Waals surface area contributed by atoms with Gasteiger partial charge in [-0.2, -0.15) is 0 Å². The normalized spacial score (nSPS) is 48.4. The average molecular weight is 1350 g/mol. The molecule has 0 saturated carbocycles. The third-order valence-electron chi connectivity index (χ3n) is 17.0. The highest BCUT2D eigenvalue weighted by Gasteiger charge is 2.60. The van der Waals surface area contributed by atoms with Crippen molar-refractivity contribution >= 4 is 11.8 Å². The van der Waals surface area contributed by atoms with Crippen LogP contribution in [-0.4, -0.2) is 403 Å². The molecule has 40 heteroatoms. The molecule has 0 aliphatic carbocycles. The van der Waals surface area contributed by atoms with Gasteiger partial charge in [-0.05, 0) is 20.8 Å². The minimum atomic E-state index is -2.44. The van der Waals surface area contributed by atoms with E-state index in [0.29, 0.717) is 0 Å². The second-order valence-electron chi connectivity index (χ2n) is 23.6. The molecule has 7 saturated heterocycles. The number of ether oxygens (including phenoxy) is 14. The number of hydrogen-bond acceptors (Lipinski definition) is 38. The van der Waals surface area contributed by atoms with E-state index < -0.39 is 291 Å². The van der Waals surface area contributed by atoms with Crippen LogP contribution in [0, 0.1) is 0 Å². The first-order valence-electron chi connectivity index (χ1n) is 29.6. The molecule has 7 aliphatic heterocycles. The molecule has 7 fully saturated rings. The first-order chi connectivity index (χ1) is 43.4. The van der Waals surface area contributed by atoms with E-state index >= 15 is 0 Å². The molecule has 0 unspecified atom stereocenters. The Balaban J connectivity index is 1.27. The van der Waals surface area contributed by atoms with Crippen molar-refractivity contribution in [3.63, 3.8) is 0 Å². The molecule has 7 aliphatic rings.